The van der Waals surface area contributed by atoms with E-state index >= 15 is 0 Å². The number of benzene rings is 2. The molecule has 0 aliphatic rings. The highest BCUT2D eigenvalue weighted by Gasteiger charge is 2.12. The molecule has 6 heteroatoms. The van der Waals surface area contributed by atoms with E-state index < -0.39 is 0 Å². The summed E-state index contributed by atoms with van der Waals surface area (Å²) in [5.41, 5.74) is 2.15. The monoisotopic (exact) mass is 383 g/mol. The Balaban J connectivity index is 1.93. The van der Waals surface area contributed by atoms with E-state index in [4.69, 9.17) is 4.74 Å². The van der Waals surface area contributed by atoms with Crippen LogP contribution in [0.5, 0.6) is 5.75 Å². The number of hydrogen-bond donors (Lipinski definition) is 3. The molecule has 6 nitrogen and oxygen atoms in total. The van der Waals surface area contributed by atoms with Crippen LogP contribution >= 0.6 is 0 Å². The molecule has 0 saturated carbocycles. The Morgan fingerprint density at radius 2 is 1.43 bits per heavy atom. The Hall–Kier alpha value is -3.02. The largest absolute Gasteiger partial charge is 0.491 e. The van der Waals surface area contributed by atoms with E-state index in [1.807, 2.05) is 58.9 Å². The number of amides is 3. The molecule has 0 bridgehead atoms. The molecule has 0 saturated heterocycles. The average molecular weight is 383 g/mol. The standard InChI is InChI=1S/C22H29N3O3/c1-14(2)23-22(27)25-19-10-6-18(7-11-19)21(26)24-16(5)17-8-12-20(13-9-17)28-15(3)4/h6-16H,1-5H3,(H,24,26)(H2,23,25,27). The third kappa shape index (κ3) is 6.61. The van der Waals surface area contributed by atoms with Gasteiger partial charge in [0.2, 0.25) is 0 Å². The van der Waals surface area contributed by atoms with Crippen molar-refractivity contribution >= 4 is 17.6 Å². The van der Waals surface area contributed by atoms with Gasteiger partial charge in [-0.3, -0.25) is 4.79 Å². The van der Waals surface area contributed by atoms with Crippen molar-refractivity contribution in [2.75, 3.05) is 5.32 Å². The summed E-state index contributed by atoms with van der Waals surface area (Å²) in [4.78, 5) is 24.2. The Morgan fingerprint density at radius 3 is 1.96 bits per heavy atom. The van der Waals surface area contributed by atoms with Crippen molar-refractivity contribution in [2.24, 2.45) is 0 Å². The highest BCUT2D eigenvalue weighted by molar-refractivity contribution is 5.95. The molecular weight excluding hydrogens is 354 g/mol. The number of carbonyl (C=O) groups is 2. The van der Waals surface area contributed by atoms with Crippen LogP contribution in [0.1, 0.15) is 56.6 Å². The van der Waals surface area contributed by atoms with Crippen LogP contribution in [0.25, 0.3) is 0 Å². The predicted molar refractivity (Wildman–Crippen MR) is 112 cm³/mol. The Bertz CT molecular complexity index is 784. The van der Waals surface area contributed by atoms with E-state index in [9.17, 15) is 9.59 Å². The zero-order chi connectivity index (χ0) is 20.7. The van der Waals surface area contributed by atoms with Crippen LogP contribution in [-0.4, -0.2) is 24.1 Å². The second-order valence-electron chi connectivity index (χ2n) is 7.26. The van der Waals surface area contributed by atoms with Gasteiger partial charge in [-0.1, -0.05) is 12.1 Å². The first-order valence-corrected chi connectivity index (χ1v) is 9.49. The van der Waals surface area contributed by atoms with Gasteiger partial charge in [0, 0.05) is 17.3 Å². The second kappa shape index (κ2) is 9.78. The number of carbonyl (C=O) groups excluding carboxylic acids is 2. The second-order valence-corrected chi connectivity index (χ2v) is 7.26. The molecule has 0 radical (unpaired) electrons. The van der Waals surface area contributed by atoms with Gasteiger partial charge < -0.3 is 20.7 Å². The molecule has 0 aliphatic heterocycles. The third-order valence-electron chi connectivity index (χ3n) is 3.92. The molecule has 3 N–H and O–H groups in total. The summed E-state index contributed by atoms with van der Waals surface area (Å²) in [5, 5.41) is 8.46. The minimum atomic E-state index is -0.272. The number of rotatable bonds is 7. The van der Waals surface area contributed by atoms with Crippen molar-refractivity contribution in [3.63, 3.8) is 0 Å². The molecule has 0 aromatic heterocycles. The maximum absolute atomic E-state index is 12.5. The van der Waals surface area contributed by atoms with Crippen LogP contribution in [0, 0.1) is 0 Å². The number of anilines is 1. The van der Waals surface area contributed by atoms with Gasteiger partial charge in [-0.2, -0.15) is 0 Å². The van der Waals surface area contributed by atoms with Crippen LogP contribution in [-0.2, 0) is 0 Å². The fraction of sp³-hybridized carbons (Fsp3) is 0.364. The van der Waals surface area contributed by atoms with Gasteiger partial charge in [0.15, 0.2) is 0 Å². The highest BCUT2D eigenvalue weighted by atomic mass is 16.5. The number of urea groups is 1. The van der Waals surface area contributed by atoms with E-state index in [0.717, 1.165) is 11.3 Å². The lowest BCUT2D eigenvalue weighted by Gasteiger charge is -2.16. The topological polar surface area (TPSA) is 79.5 Å². The molecule has 2 aromatic rings. The van der Waals surface area contributed by atoms with Crippen molar-refractivity contribution in [1.82, 2.24) is 10.6 Å². The van der Waals surface area contributed by atoms with Crippen LogP contribution in [0.2, 0.25) is 0 Å². The summed E-state index contributed by atoms with van der Waals surface area (Å²) in [6.07, 6.45) is 0.122. The molecule has 1 atom stereocenters. The molecule has 2 aromatic carbocycles. The lowest BCUT2D eigenvalue weighted by atomic mass is 10.1. The van der Waals surface area contributed by atoms with E-state index in [2.05, 4.69) is 16.0 Å². The quantitative estimate of drug-likeness (QED) is 0.659. The van der Waals surface area contributed by atoms with Crippen molar-refractivity contribution < 1.29 is 14.3 Å². The SMILES string of the molecule is CC(C)NC(=O)Nc1ccc(C(=O)NC(C)c2ccc(OC(C)C)cc2)cc1. The Morgan fingerprint density at radius 1 is 0.821 bits per heavy atom. The van der Waals surface area contributed by atoms with Gasteiger partial charge >= 0.3 is 6.03 Å². The molecule has 0 heterocycles. The molecular formula is C22H29N3O3. The smallest absolute Gasteiger partial charge is 0.319 e. The van der Waals surface area contributed by atoms with Crippen LogP contribution < -0.4 is 20.7 Å². The third-order valence-corrected chi connectivity index (χ3v) is 3.92. The van der Waals surface area contributed by atoms with Crippen molar-refractivity contribution in [3.8, 4) is 5.75 Å². The maximum Gasteiger partial charge on any atom is 0.319 e. The summed E-state index contributed by atoms with van der Waals surface area (Å²) < 4.78 is 5.64. The zero-order valence-corrected chi connectivity index (χ0v) is 17.1. The first-order valence-electron chi connectivity index (χ1n) is 9.49. The average Bonchev–Trinajstić information content (AvgIpc) is 2.61. The number of nitrogens with one attached hydrogen (secondary N) is 3. The Kier molecular flexibility index (Phi) is 7.44. The molecule has 2 rings (SSSR count). The summed E-state index contributed by atoms with van der Waals surface area (Å²) in [6, 6.07) is 14.1. The summed E-state index contributed by atoms with van der Waals surface area (Å²) in [6.45, 7) is 9.67. The lowest BCUT2D eigenvalue weighted by Crippen LogP contribution is -2.34. The Labute approximate surface area is 166 Å². The number of hydrogen-bond acceptors (Lipinski definition) is 3. The molecule has 28 heavy (non-hydrogen) atoms. The van der Waals surface area contributed by atoms with Crippen LogP contribution in [0.15, 0.2) is 48.5 Å². The van der Waals surface area contributed by atoms with Crippen molar-refractivity contribution in [2.45, 2.75) is 52.8 Å². The minimum absolute atomic E-state index is 0.0533. The molecule has 1 unspecified atom stereocenters. The molecule has 0 spiro atoms. The van der Waals surface area contributed by atoms with Gasteiger partial charge in [-0.15, -0.1) is 0 Å². The van der Waals surface area contributed by atoms with E-state index in [0.29, 0.717) is 11.3 Å². The molecule has 150 valence electrons. The maximum atomic E-state index is 12.5. The van der Waals surface area contributed by atoms with Crippen LogP contribution in [0.4, 0.5) is 10.5 Å². The van der Waals surface area contributed by atoms with Crippen LogP contribution in [0.3, 0.4) is 0 Å². The molecule has 3 amide bonds. The van der Waals surface area contributed by atoms with Gasteiger partial charge in [-0.25, -0.2) is 4.79 Å². The summed E-state index contributed by atoms with van der Waals surface area (Å²) >= 11 is 0. The first-order chi connectivity index (χ1) is 13.2. The molecule has 0 aliphatic carbocycles. The predicted octanol–water partition coefficient (Wildman–Crippen LogP) is 4.49. The van der Waals surface area contributed by atoms with Gasteiger partial charge in [0.1, 0.15) is 5.75 Å². The molecule has 0 fully saturated rings. The van der Waals surface area contributed by atoms with Gasteiger partial charge in [-0.05, 0) is 76.6 Å². The van der Waals surface area contributed by atoms with Gasteiger partial charge in [0.25, 0.3) is 5.91 Å². The minimum Gasteiger partial charge on any atom is -0.491 e. The normalized spacial score (nSPS) is 11.8. The lowest BCUT2D eigenvalue weighted by molar-refractivity contribution is 0.0940. The van der Waals surface area contributed by atoms with Crippen molar-refractivity contribution in [3.05, 3.63) is 59.7 Å². The highest BCUT2D eigenvalue weighted by Crippen LogP contribution is 2.19. The van der Waals surface area contributed by atoms with E-state index in [1.54, 1.807) is 24.3 Å². The van der Waals surface area contributed by atoms with E-state index in [-0.39, 0.29) is 30.1 Å². The zero-order valence-electron chi connectivity index (χ0n) is 17.1. The fourth-order valence-electron chi connectivity index (χ4n) is 2.60. The number of ether oxygens (including phenoxy) is 1. The fourth-order valence-corrected chi connectivity index (χ4v) is 2.60. The first kappa shape index (κ1) is 21.3. The summed E-state index contributed by atoms with van der Waals surface area (Å²) in [7, 11) is 0. The summed E-state index contributed by atoms with van der Waals surface area (Å²) in [5.74, 6) is 0.634. The van der Waals surface area contributed by atoms with Crippen molar-refractivity contribution in [1.29, 1.82) is 0 Å². The van der Waals surface area contributed by atoms with E-state index in [1.165, 1.54) is 0 Å². The van der Waals surface area contributed by atoms with Gasteiger partial charge in [0.05, 0.1) is 12.1 Å².